The second-order valence-corrected chi connectivity index (χ2v) is 4.61. The molecule has 0 fully saturated rings. The molecule has 0 radical (unpaired) electrons. The molecule has 2 aromatic heterocycles. The van der Waals surface area contributed by atoms with Crippen LogP contribution < -0.4 is 5.32 Å². The van der Waals surface area contributed by atoms with Crippen molar-refractivity contribution in [2.24, 2.45) is 0 Å². The number of halogens is 2. The zero-order valence-electron chi connectivity index (χ0n) is 12.3. The number of hydrogen-bond donors (Lipinski definition) is 1. The van der Waals surface area contributed by atoms with Gasteiger partial charge in [-0.2, -0.15) is 10.2 Å². The van der Waals surface area contributed by atoms with Gasteiger partial charge in [0.25, 0.3) is 6.43 Å². The molecule has 1 N–H and O–H groups in total. The number of carbonyl (C=O) groups excluding carboxylic acids is 1. The largest absolute Gasteiger partial charge is 0.360 e. The van der Waals surface area contributed by atoms with E-state index in [-0.39, 0.29) is 19.0 Å². The Morgan fingerprint density at radius 1 is 1.50 bits per heavy atom. The Morgan fingerprint density at radius 3 is 2.95 bits per heavy atom. The highest BCUT2D eigenvalue weighted by atomic mass is 19.3. The van der Waals surface area contributed by atoms with Crippen LogP contribution in [0, 0.1) is 6.92 Å². The van der Waals surface area contributed by atoms with Gasteiger partial charge in [-0.25, -0.2) is 13.5 Å². The zero-order valence-corrected chi connectivity index (χ0v) is 12.3. The fraction of sp³-hybridized carbons (Fsp3) is 0.462. The van der Waals surface area contributed by atoms with Crippen LogP contribution in [-0.4, -0.2) is 32.1 Å². The van der Waals surface area contributed by atoms with Crippen molar-refractivity contribution in [2.45, 2.75) is 33.5 Å². The minimum atomic E-state index is -2.68. The number of anilines is 1. The van der Waals surface area contributed by atoms with Crippen molar-refractivity contribution < 1.29 is 18.3 Å². The molecule has 0 bridgehead atoms. The Labute approximate surface area is 125 Å². The summed E-state index contributed by atoms with van der Waals surface area (Å²) in [5.74, 6) is -0.457. The van der Waals surface area contributed by atoms with Crippen molar-refractivity contribution in [2.75, 3.05) is 11.9 Å². The average molecular weight is 313 g/mol. The summed E-state index contributed by atoms with van der Waals surface area (Å²) in [7, 11) is 0. The van der Waals surface area contributed by atoms with E-state index in [1.165, 1.54) is 16.9 Å². The molecule has 1 amide bonds. The Morgan fingerprint density at radius 2 is 2.27 bits per heavy atom. The topological polar surface area (TPSA) is 74.0 Å². The summed E-state index contributed by atoms with van der Waals surface area (Å²) in [5, 5.41) is 10.5. The minimum Gasteiger partial charge on any atom is -0.360 e. The van der Waals surface area contributed by atoms with Crippen LogP contribution in [0.25, 0.3) is 0 Å². The molecule has 0 aliphatic heterocycles. The Kier molecular flexibility index (Phi) is 5.21. The van der Waals surface area contributed by atoms with E-state index in [0.29, 0.717) is 18.0 Å². The molecule has 0 unspecified atom stereocenters. The van der Waals surface area contributed by atoms with E-state index in [2.05, 4.69) is 15.5 Å². The van der Waals surface area contributed by atoms with Crippen molar-refractivity contribution in [3.63, 3.8) is 0 Å². The van der Waals surface area contributed by atoms with Gasteiger partial charge in [-0.1, -0.05) is 0 Å². The summed E-state index contributed by atoms with van der Waals surface area (Å²) >= 11 is 0. The number of nitrogens with one attached hydrogen (secondary N) is 1. The molecule has 2 aromatic rings. The van der Waals surface area contributed by atoms with Crippen LogP contribution in [0.5, 0.6) is 0 Å². The number of ether oxygens (including phenoxy) is 1. The van der Waals surface area contributed by atoms with Gasteiger partial charge in [0.2, 0.25) is 5.91 Å². The van der Waals surface area contributed by atoms with Gasteiger partial charge in [0, 0.05) is 6.61 Å². The summed E-state index contributed by atoms with van der Waals surface area (Å²) in [6, 6.07) is 1.26. The number of carbonyl (C=O) groups is 1. The fourth-order valence-electron chi connectivity index (χ4n) is 1.89. The fourth-order valence-corrected chi connectivity index (χ4v) is 1.89. The number of amides is 1. The van der Waals surface area contributed by atoms with Gasteiger partial charge in [-0.05, 0) is 19.9 Å². The van der Waals surface area contributed by atoms with Crippen LogP contribution in [0.15, 0.2) is 18.5 Å². The van der Waals surface area contributed by atoms with E-state index in [4.69, 9.17) is 4.74 Å². The molecule has 9 heteroatoms. The summed E-state index contributed by atoms with van der Waals surface area (Å²) in [5.41, 5.74) is 0.625. The van der Waals surface area contributed by atoms with Crippen LogP contribution in [-0.2, 0) is 22.8 Å². The maximum absolute atomic E-state index is 12.8. The molecule has 0 aromatic carbocycles. The second kappa shape index (κ2) is 7.12. The van der Waals surface area contributed by atoms with Gasteiger partial charge in [-0.15, -0.1) is 0 Å². The van der Waals surface area contributed by atoms with E-state index in [1.54, 1.807) is 13.1 Å². The molecule has 22 heavy (non-hydrogen) atoms. The van der Waals surface area contributed by atoms with Crippen molar-refractivity contribution in [3.8, 4) is 0 Å². The molecule has 0 spiro atoms. The van der Waals surface area contributed by atoms with Crippen LogP contribution >= 0.6 is 0 Å². The number of alkyl halides is 2. The molecule has 0 saturated heterocycles. The zero-order chi connectivity index (χ0) is 16.1. The SMILES string of the molecule is CCOCn1cc(NC(=O)Cn2nc(C)cc2C(F)F)cn1. The molecule has 0 aliphatic rings. The quantitative estimate of drug-likeness (QED) is 0.848. The normalized spacial score (nSPS) is 11.1. The van der Waals surface area contributed by atoms with Crippen LogP contribution in [0.4, 0.5) is 14.5 Å². The first kappa shape index (κ1) is 16.1. The highest BCUT2D eigenvalue weighted by Crippen LogP contribution is 2.19. The van der Waals surface area contributed by atoms with Gasteiger partial charge >= 0.3 is 0 Å². The van der Waals surface area contributed by atoms with Crippen molar-refractivity contribution in [1.82, 2.24) is 19.6 Å². The molecule has 0 saturated carbocycles. The van der Waals surface area contributed by atoms with Gasteiger partial charge < -0.3 is 10.1 Å². The third-order valence-electron chi connectivity index (χ3n) is 2.79. The average Bonchev–Trinajstić information content (AvgIpc) is 3.03. The van der Waals surface area contributed by atoms with E-state index in [9.17, 15) is 13.6 Å². The van der Waals surface area contributed by atoms with Crippen molar-refractivity contribution in [3.05, 3.63) is 29.8 Å². The molecular weight excluding hydrogens is 296 g/mol. The smallest absolute Gasteiger partial charge is 0.280 e. The molecular formula is C13H17F2N5O2. The molecule has 0 atom stereocenters. The summed E-state index contributed by atoms with van der Waals surface area (Å²) in [6.07, 6.45) is 0.373. The van der Waals surface area contributed by atoms with E-state index >= 15 is 0 Å². The molecule has 7 nitrogen and oxygen atoms in total. The van der Waals surface area contributed by atoms with E-state index in [1.807, 2.05) is 6.92 Å². The standard InChI is InChI=1S/C13H17F2N5O2/c1-3-22-8-19-6-10(5-16-19)17-12(21)7-20-11(13(14)15)4-9(2)18-20/h4-6,13H,3,7-8H2,1-2H3,(H,17,21). The first-order chi connectivity index (χ1) is 10.5. The van der Waals surface area contributed by atoms with Crippen LogP contribution in [0.1, 0.15) is 24.7 Å². The number of nitrogens with zero attached hydrogens (tertiary/aromatic N) is 4. The van der Waals surface area contributed by atoms with Crippen LogP contribution in [0.3, 0.4) is 0 Å². The van der Waals surface area contributed by atoms with E-state index < -0.39 is 12.3 Å². The van der Waals surface area contributed by atoms with Crippen molar-refractivity contribution >= 4 is 11.6 Å². The number of rotatable bonds is 7. The second-order valence-electron chi connectivity index (χ2n) is 4.61. The summed E-state index contributed by atoms with van der Waals surface area (Å²) < 4.78 is 33.3. The maximum Gasteiger partial charge on any atom is 0.280 e. The summed E-state index contributed by atoms with van der Waals surface area (Å²) in [6.45, 7) is 4.00. The van der Waals surface area contributed by atoms with Gasteiger partial charge in [0.1, 0.15) is 19.0 Å². The number of aromatic nitrogens is 4. The lowest BCUT2D eigenvalue weighted by molar-refractivity contribution is -0.117. The lowest BCUT2D eigenvalue weighted by Gasteiger charge is -2.06. The molecule has 0 aliphatic carbocycles. The Hall–Kier alpha value is -2.29. The Balaban J connectivity index is 1.97. The number of aryl methyl sites for hydroxylation is 1. The van der Waals surface area contributed by atoms with Gasteiger partial charge in [0.15, 0.2) is 0 Å². The monoisotopic (exact) mass is 313 g/mol. The highest BCUT2D eigenvalue weighted by Gasteiger charge is 2.17. The highest BCUT2D eigenvalue weighted by molar-refractivity contribution is 5.90. The lowest BCUT2D eigenvalue weighted by atomic mass is 10.4. The maximum atomic E-state index is 12.8. The van der Waals surface area contributed by atoms with Crippen molar-refractivity contribution in [1.29, 1.82) is 0 Å². The first-order valence-electron chi connectivity index (χ1n) is 6.72. The molecule has 2 heterocycles. The Bertz CT molecular complexity index is 638. The third kappa shape index (κ3) is 4.10. The van der Waals surface area contributed by atoms with E-state index in [0.717, 1.165) is 4.68 Å². The summed E-state index contributed by atoms with van der Waals surface area (Å²) in [4.78, 5) is 11.9. The van der Waals surface area contributed by atoms with Gasteiger partial charge in [0.05, 0.1) is 23.8 Å². The molecule has 2 rings (SSSR count). The van der Waals surface area contributed by atoms with Gasteiger partial charge in [-0.3, -0.25) is 9.48 Å². The minimum absolute atomic E-state index is 0.278. The first-order valence-corrected chi connectivity index (χ1v) is 6.72. The predicted molar refractivity (Wildman–Crippen MR) is 74.4 cm³/mol. The molecule has 120 valence electrons. The number of hydrogen-bond acceptors (Lipinski definition) is 4. The van der Waals surface area contributed by atoms with Crippen LogP contribution in [0.2, 0.25) is 0 Å². The third-order valence-corrected chi connectivity index (χ3v) is 2.79. The lowest BCUT2D eigenvalue weighted by Crippen LogP contribution is -2.21. The predicted octanol–water partition coefficient (Wildman–Crippen LogP) is 1.96.